The van der Waals surface area contributed by atoms with Crippen molar-refractivity contribution in [2.45, 2.75) is 6.04 Å². The van der Waals surface area contributed by atoms with Crippen molar-refractivity contribution in [1.82, 2.24) is 19.9 Å². The van der Waals surface area contributed by atoms with E-state index in [1.54, 1.807) is 30.3 Å². The third kappa shape index (κ3) is 3.98. The summed E-state index contributed by atoms with van der Waals surface area (Å²) >= 11 is 0. The number of nitrogens with one attached hydrogen (secondary N) is 2. The van der Waals surface area contributed by atoms with Crippen LogP contribution in [0.1, 0.15) is 0 Å². The molecule has 1 aliphatic heterocycles. The lowest BCUT2D eigenvalue weighted by atomic mass is 10.1. The molecule has 4 N–H and O–H groups in total. The molecule has 1 aliphatic rings. The molecule has 0 spiro atoms. The Bertz CT molecular complexity index is 903. The van der Waals surface area contributed by atoms with Gasteiger partial charge in [-0.2, -0.15) is 0 Å². The first kappa shape index (κ1) is 18.6. The molecule has 0 saturated carbocycles. The second-order valence-corrected chi connectivity index (χ2v) is 6.29. The molecule has 1 saturated heterocycles. The second kappa shape index (κ2) is 8.00. The lowest BCUT2D eigenvalue weighted by Gasteiger charge is -2.44. The van der Waals surface area contributed by atoms with Crippen molar-refractivity contribution in [1.29, 1.82) is 0 Å². The molecule has 2 aromatic rings. The number of pyridine rings is 1. The molecule has 0 aromatic carbocycles. The Kier molecular flexibility index (Phi) is 5.51. The smallest absolute Gasteiger partial charge is 0.271 e. The number of carbonyl (C=O) groups excluding carboxylic acids is 1. The summed E-state index contributed by atoms with van der Waals surface area (Å²) in [7, 11) is 3.64. The molecule has 2 aromatic heterocycles. The van der Waals surface area contributed by atoms with Crippen LogP contribution in [-0.2, 0) is 4.79 Å². The number of nitrogens with zero attached hydrogens (tertiary/aromatic N) is 4. The van der Waals surface area contributed by atoms with E-state index < -0.39 is 0 Å². The molecule has 9 nitrogen and oxygen atoms in total. The molecule has 27 heavy (non-hydrogen) atoms. The zero-order valence-electron chi connectivity index (χ0n) is 15.3. The summed E-state index contributed by atoms with van der Waals surface area (Å²) in [5.41, 5.74) is 7.21. The SMILES string of the molecule is CNc1cc(-c2c[nH]c(=O)c(N(C)C3CN(C(=O)C=CCN)C3)c2)ncn1. The number of hydrogen-bond donors (Lipinski definition) is 3. The second-order valence-electron chi connectivity index (χ2n) is 6.29. The van der Waals surface area contributed by atoms with E-state index in [1.807, 2.05) is 18.0 Å². The van der Waals surface area contributed by atoms with Gasteiger partial charge in [0.1, 0.15) is 17.8 Å². The Morgan fingerprint density at radius 1 is 1.44 bits per heavy atom. The topological polar surface area (TPSA) is 120 Å². The Morgan fingerprint density at radius 2 is 2.22 bits per heavy atom. The number of nitrogens with two attached hydrogens (primary N) is 1. The van der Waals surface area contributed by atoms with Crippen molar-refractivity contribution >= 4 is 17.4 Å². The number of likely N-dealkylation sites (tertiary alicyclic amines) is 1. The first-order chi connectivity index (χ1) is 13.0. The maximum absolute atomic E-state index is 12.3. The van der Waals surface area contributed by atoms with Gasteiger partial charge in [0.05, 0.1) is 11.7 Å². The minimum absolute atomic E-state index is 0.0617. The van der Waals surface area contributed by atoms with Crippen LogP contribution in [0.4, 0.5) is 11.5 Å². The number of anilines is 2. The number of aromatic nitrogens is 3. The highest BCUT2D eigenvalue weighted by atomic mass is 16.2. The Morgan fingerprint density at radius 3 is 2.93 bits per heavy atom. The van der Waals surface area contributed by atoms with Gasteiger partial charge in [-0.05, 0) is 6.07 Å². The molecule has 1 fully saturated rings. The first-order valence-electron chi connectivity index (χ1n) is 8.64. The van der Waals surface area contributed by atoms with Crippen molar-refractivity contribution in [2.75, 3.05) is 43.9 Å². The van der Waals surface area contributed by atoms with E-state index >= 15 is 0 Å². The van der Waals surface area contributed by atoms with E-state index in [4.69, 9.17) is 5.73 Å². The molecule has 3 rings (SSSR count). The van der Waals surface area contributed by atoms with Gasteiger partial charge in [0.25, 0.3) is 5.56 Å². The Hall–Kier alpha value is -3.20. The zero-order valence-corrected chi connectivity index (χ0v) is 15.3. The van der Waals surface area contributed by atoms with Crippen LogP contribution in [0, 0.1) is 0 Å². The molecule has 142 valence electrons. The predicted molar refractivity (Wildman–Crippen MR) is 105 cm³/mol. The quantitative estimate of drug-likeness (QED) is 0.615. The standard InChI is InChI=1S/C18H23N7O2/c1-20-16-7-14(22-11-23-16)12-6-15(18(27)21-8-12)24(2)13-9-25(10-13)17(26)4-3-5-19/h3-4,6-8,11,13H,5,9-10,19H2,1-2H3,(H,21,27)(H,20,22,23). The highest BCUT2D eigenvalue weighted by Crippen LogP contribution is 2.23. The number of aromatic amines is 1. The minimum atomic E-state index is -0.183. The van der Waals surface area contributed by atoms with Crippen molar-refractivity contribution < 1.29 is 4.79 Å². The lowest BCUT2D eigenvalue weighted by Crippen LogP contribution is -2.60. The molecule has 0 bridgehead atoms. The molecule has 9 heteroatoms. The van der Waals surface area contributed by atoms with Gasteiger partial charge in [-0.1, -0.05) is 6.08 Å². The summed E-state index contributed by atoms with van der Waals surface area (Å²) in [6.07, 6.45) is 6.22. The Balaban J connectivity index is 1.76. The first-order valence-corrected chi connectivity index (χ1v) is 8.64. The maximum atomic E-state index is 12.3. The average molecular weight is 369 g/mol. The maximum Gasteiger partial charge on any atom is 0.271 e. The molecule has 0 aliphatic carbocycles. The van der Waals surface area contributed by atoms with Crippen LogP contribution in [0.15, 0.2) is 41.6 Å². The van der Waals surface area contributed by atoms with Crippen LogP contribution in [0.2, 0.25) is 0 Å². The van der Waals surface area contributed by atoms with Crippen molar-refractivity contribution in [3.05, 3.63) is 47.2 Å². The Labute approximate surface area is 156 Å². The van der Waals surface area contributed by atoms with Crippen LogP contribution in [-0.4, -0.2) is 65.5 Å². The van der Waals surface area contributed by atoms with Gasteiger partial charge in [-0.3, -0.25) is 9.59 Å². The number of carbonyl (C=O) groups is 1. The monoisotopic (exact) mass is 369 g/mol. The van der Waals surface area contributed by atoms with Gasteiger partial charge in [0.15, 0.2) is 0 Å². The lowest BCUT2D eigenvalue weighted by molar-refractivity contribution is -0.130. The van der Waals surface area contributed by atoms with Crippen LogP contribution in [0.5, 0.6) is 0 Å². The van der Waals surface area contributed by atoms with Gasteiger partial charge in [-0.25, -0.2) is 9.97 Å². The molecule has 1 amide bonds. The van der Waals surface area contributed by atoms with Gasteiger partial charge in [0, 0.05) is 57.6 Å². The fourth-order valence-electron chi connectivity index (χ4n) is 2.88. The van der Waals surface area contributed by atoms with Gasteiger partial charge in [0.2, 0.25) is 5.91 Å². The van der Waals surface area contributed by atoms with E-state index in [0.29, 0.717) is 36.8 Å². The normalized spacial score (nSPS) is 14.3. The van der Waals surface area contributed by atoms with Crippen molar-refractivity contribution in [3.63, 3.8) is 0 Å². The zero-order chi connectivity index (χ0) is 19.4. The summed E-state index contributed by atoms with van der Waals surface area (Å²) in [6, 6.07) is 3.69. The molecule has 0 atom stereocenters. The number of amides is 1. The predicted octanol–water partition coefficient (Wildman–Crippen LogP) is 0.0355. The van der Waals surface area contributed by atoms with E-state index in [9.17, 15) is 9.59 Å². The largest absolute Gasteiger partial charge is 0.373 e. The molecule has 0 unspecified atom stereocenters. The summed E-state index contributed by atoms with van der Waals surface area (Å²) in [4.78, 5) is 39.0. The van der Waals surface area contributed by atoms with Crippen LogP contribution in [0.25, 0.3) is 11.3 Å². The summed E-state index contributed by atoms with van der Waals surface area (Å²) in [5.74, 6) is 0.633. The fourth-order valence-corrected chi connectivity index (χ4v) is 2.88. The van der Waals surface area contributed by atoms with Crippen molar-refractivity contribution in [2.24, 2.45) is 5.73 Å². The van der Waals surface area contributed by atoms with E-state index in [0.717, 1.165) is 5.56 Å². The fraction of sp³-hybridized carbons (Fsp3) is 0.333. The van der Waals surface area contributed by atoms with E-state index in [-0.39, 0.29) is 17.5 Å². The van der Waals surface area contributed by atoms with E-state index in [1.165, 1.54) is 12.4 Å². The molecular formula is C18H23N7O2. The van der Waals surface area contributed by atoms with Gasteiger partial charge in [-0.15, -0.1) is 0 Å². The summed E-state index contributed by atoms with van der Waals surface area (Å²) in [5, 5.41) is 2.97. The van der Waals surface area contributed by atoms with Gasteiger partial charge < -0.3 is 25.8 Å². The van der Waals surface area contributed by atoms with Crippen LogP contribution < -0.4 is 21.5 Å². The average Bonchev–Trinajstić information content (AvgIpc) is 2.65. The van der Waals surface area contributed by atoms with Crippen LogP contribution >= 0.6 is 0 Å². The highest BCUT2D eigenvalue weighted by Gasteiger charge is 2.33. The van der Waals surface area contributed by atoms with Crippen molar-refractivity contribution in [3.8, 4) is 11.3 Å². The molecule has 0 radical (unpaired) electrons. The highest BCUT2D eigenvalue weighted by molar-refractivity contribution is 5.88. The third-order valence-electron chi connectivity index (χ3n) is 4.60. The third-order valence-corrected chi connectivity index (χ3v) is 4.60. The molecular weight excluding hydrogens is 346 g/mol. The summed E-state index contributed by atoms with van der Waals surface area (Å²) < 4.78 is 0. The number of hydrogen-bond acceptors (Lipinski definition) is 7. The summed E-state index contributed by atoms with van der Waals surface area (Å²) in [6.45, 7) is 1.46. The number of likely N-dealkylation sites (N-methyl/N-ethyl adjacent to an activating group) is 1. The minimum Gasteiger partial charge on any atom is -0.373 e. The number of rotatable bonds is 6. The van der Waals surface area contributed by atoms with E-state index in [2.05, 4.69) is 20.3 Å². The number of H-pyrrole nitrogens is 1. The van der Waals surface area contributed by atoms with Gasteiger partial charge >= 0.3 is 0 Å². The van der Waals surface area contributed by atoms with Crippen LogP contribution in [0.3, 0.4) is 0 Å². The molecule has 3 heterocycles.